The molecule has 5 nitrogen and oxygen atoms in total. The minimum Gasteiger partial charge on any atom is -0.427 e. The van der Waals surface area contributed by atoms with E-state index in [1.165, 1.54) is 6.92 Å². The Balaban J connectivity index is 1.90. The molecule has 0 saturated heterocycles. The van der Waals surface area contributed by atoms with Crippen molar-refractivity contribution >= 4 is 28.6 Å². The lowest BCUT2D eigenvalue weighted by atomic mass is 10.2. The molecule has 0 radical (unpaired) electrons. The van der Waals surface area contributed by atoms with Gasteiger partial charge in [0.25, 0.3) is 0 Å². The summed E-state index contributed by atoms with van der Waals surface area (Å²) < 4.78 is 5.06. The Morgan fingerprint density at radius 3 is 2.81 bits per heavy atom. The first-order valence-corrected chi connectivity index (χ1v) is 6.62. The largest absolute Gasteiger partial charge is 0.427 e. The highest BCUT2D eigenvalue weighted by molar-refractivity contribution is 5.81. The first-order chi connectivity index (χ1) is 10.1. The van der Waals surface area contributed by atoms with Crippen LogP contribution in [0.2, 0.25) is 0 Å². The molecule has 1 heterocycles. The van der Waals surface area contributed by atoms with Gasteiger partial charge in [0.1, 0.15) is 5.75 Å². The zero-order valence-electron chi connectivity index (χ0n) is 11.8. The lowest BCUT2D eigenvalue weighted by molar-refractivity contribution is -0.131. The van der Waals surface area contributed by atoms with Gasteiger partial charge in [0.05, 0.1) is 11.0 Å². The van der Waals surface area contributed by atoms with Crippen molar-refractivity contribution in [3.63, 3.8) is 0 Å². The van der Waals surface area contributed by atoms with Crippen LogP contribution in [0.4, 0.5) is 11.6 Å². The third-order valence-corrected chi connectivity index (χ3v) is 3.11. The zero-order chi connectivity index (χ0) is 14.8. The molecule has 1 aromatic heterocycles. The van der Waals surface area contributed by atoms with Gasteiger partial charge in [-0.1, -0.05) is 18.2 Å². The molecular weight excluding hydrogens is 266 g/mol. The van der Waals surface area contributed by atoms with E-state index in [1.54, 1.807) is 12.1 Å². The molecule has 0 atom stereocenters. The summed E-state index contributed by atoms with van der Waals surface area (Å²) in [7, 11) is 0. The van der Waals surface area contributed by atoms with Crippen molar-refractivity contribution in [3.05, 3.63) is 48.0 Å². The van der Waals surface area contributed by atoms with E-state index < -0.39 is 0 Å². The van der Waals surface area contributed by atoms with Crippen LogP contribution in [-0.4, -0.2) is 15.9 Å². The maximum Gasteiger partial charge on any atom is 0.308 e. The Morgan fingerprint density at radius 2 is 2.05 bits per heavy atom. The second-order valence-corrected chi connectivity index (χ2v) is 4.80. The number of esters is 1. The van der Waals surface area contributed by atoms with Gasteiger partial charge in [-0.05, 0) is 30.7 Å². The summed E-state index contributed by atoms with van der Waals surface area (Å²) in [4.78, 5) is 18.6. The minimum atomic E-state index is -0.341. The van der Waals surface area contributed by atoms with E-state index in [1.807, 2.05) is 37.3 Å². The van der Waals surface area contributed by atoms with E-state index in [0.29, 0.717) is 11.7 Å². The van der Waals surface area contributed by atoms with Crippen LogP contribution in [0.3, 0.4) is 0 Å². The number of aryl methyl sites for hydroxylation is 1. The summed E-state index contributed by atoms with van der Waals surface area (Å²) in [6.07, 6.45) is 0. The van der Waals surface area contributed by atoms with Gasteiger partial charge in [-0.15, -0.1) is 0 Å². The number of para-hydroxylation sites is 1. The number of benzene rings is 2. The molecule has 3 aromatic rings. The Kier molecular flexibility index (Phi) is 3.31. The highest BCUT2D eigenvalue weighted by Crippen LogP contribution is 2.23. The first kappa shape index (κ1) is 13.2. The zero-order valence-corrected chi connectivity index (χ0v) is 11.8. The third kappa shape index (κ3) is 2.86. The SMILES string of the molecule is CC(=O)Oc1ccc2nc(Nc3ccccc3C)[nH]c2c1. The predicted octanol–water partition coefficient (Wildman–Crippen LogP) is 3.54. The Labute approximate surface area is 122 Å². The monoisotopic (exact) mass is 281 g/mol. The van der Waals surface area contributed by atoms with Crippen molar-refractivity contribution in [1.82, 2.24) is 9.97 Å². The lowest BCUT2D eigenvalue weighted by Gasteiger charge is -2.05. The number of carbonyl (C=O) groups excluding carboxylic acids is 1. The summed E-state index contributed by atoms with van der Waals surface area (Å²) in [5.41, 5.74) is 3.75. The van der Waals surface area contributed by atoms with E-state index in [9.17, 15) is 4.79 Å². The van der Waals surface area contributed by atoms with Crippen LogP contribution in [-0.2, 0) is 4.79 Å². The number of fused-ring (bicyclic) bond motifs is 1. The number of rotatable bonds is 3. The number of anilines is 2. The highest BCUT2D eigenvalue weighted by Gasteiger charge is 2.06. The average molecular weight is 281 g/mol. The van der Waals surface area contributed by atoms with Crippen LogP contribution in [0.25, 0.3) is 11.0 Å². The van der Waals surface area contributed by atoms with Gasteiger partial charge in [-0.3, -0.25) is 4.79 Å². The van der Waals surface area contributed by atoms with Crippen molar-refractivity contribution in [1.29, 1.82) is 0 Å². The second-order valence-electron chi connectivity index (χ2n) is 4.80. The van der Waals surface area contributed by atoms with E-state index in [2.05, 4.69) is 15.3 Å². The molecule has 0 unspecified atom stereocenters. The first-order valence-electron chi connectivity index (χ1n) is 6.62. The minimum absolute atomic E-state index is 0.341. The van der Waals surface area contributed by atoms with Crippen LogP contribution < -0.4 is 10.1 Å². The molecule has 106 valence electrons. The maximum atomic E-state index is 11.0. The van der Waals surface area contributed by atoms with Gasteiger partial charge in [-0.25, -0.2) is 4.98 Å². The molecule has 0 bridgehead atoms. The maximum absolute atomic E-state index is 11.0. The summed E-state index contributed by atoms with van der Waals surface area (Å²) >= 11 is 0. The molecular formula is C16H15N3O2. The van der Waals surface area contributed by atoms with Gasteiger partial charge in [0, 0.05) is 18.7 Å². The van der Waals surface area contributed by atoms with E-state index in [0.717, 1.165) is 22.3 Å². The Morgan fingerprint density at radius 1 is 1.24 bits per heavy atom. The lowest BCUT2D eigenvalue weighted by Crippen LogP contribution is -2.00. The summed E-state index contributed by atoms with van der Waals surface area (Å²) in [6.45, 7) is 3.41. The molecule has 0 spiro atoms. The molecule has 5 heteroatoms. The van der Waals surface area contributed by atoms with E-state index in [-0.39, 0.29) is 5.97 Å². The van der Waals surface area contributed by atoms with Crippen molar-refractivity contribution in [2.24, 2.45) is 0 Å². The number of aromatic amines is 1. The Bertz CT molecular complexity index is 808. The van der Waals surface area contributed by atoms with E-state index >= 15 is 0 Å². The average Bonchev–Trinajstić information content (AvgIpc) is 2.82. The normalized spacial score (nSPS) is 10.6. The van der Waals surface area contributed by atoms with Gasteiger partial charge in [-0.2, -0.15) is 0 Å². The smallest absolute Gasteiger partial charge is 0.308 e. The molecule has 0 aliphatic heterocycles. The molecule has 0 fully saturated rings. The van der Waals surface area contributed by atoms with Crippen LogP contribution in [0.15, 0.2) is 42.5 Å². The molecule has 0 aliphatic rings. The number of imidazole rings is 1. The third-order valence-electron chi connectivity index (χ3n) is 3.11. The standard InChI is InChI=1S/C16H15N3O2/c1-10-5-3-4-6-13(10)17-16-18-14-8-7-12(21-11(2)20)9-15(14)19-16/h3-9H,1-2H3,(H2,17,18,19). The highest BCUT2D eigenvalue weighted by atomic mass is 16.5. The fourth-order valence-corrected chi connectivity index (χ4v) is 2.12. The summed E-state index contributed by atoms with van der Waals surface area (Å²) in [6, 6.07) is 13.3. The number of H-pyrrole nitrogens is 1. The van der Waals surface area contributed by atoms with Crippen LogP contribution in [0.5, 0.6) is 5.75 Å². The van der Waals surface area contributed by atoms with E-state index in [4.69, 9.17) is 4.74 Å². The predicted molar refractivity (Wildman–Crippen MR) is 81.9 cm³/mol. The number of nitrogens with zero attached hydrogens (tertiary/aromatic N) is 1. The number of hydrogen-bond donors (Lipinski definition) is 2. The molecule has 21 heavy (non-hydrogen) atoms. The fraction of sp³-hybridized carbons (Fsp3) is 0.125. The molecule has 2 aromatic carbocycles. The number of ether oxygens (including phenoxy) is 1. The summed E-state index contributed by atoms with van der Waals surface area (Å²) in [5, 5.41) is 3.25. The molecule has 0 saturated carbocycles. The van der Waals surface area contributed by atoms with Crippen LogP contribution in [0.1, 0.15) is 12.5 Å². The topological polar surface area (TPSA) is 67.0 Å². The summed E-state index contributed by atoms with van der Waals surface area (Å²) in [5.74, 6) is 0.812. The number of carbonyl (C=O) groups is 1. The number of nitrogens with one attached hydrogen (secondary N) is 2. The quantitative estimate of drug-likeness (QED) is 0.569. The van der Waals surface area contributed by atoms with Gasteiger partial charge < -0.3 is 15.0 Å². The molecule has 3 rings (SSSR count). The Hall–Kier alpha value is -2.82. The number of aromatic nitrogens is 2. The van der Waals surface area contributed by atoms with Gasteiger partial charge in [0.2, 0.25) is 5.95 Å². The van der Waals surface area contributed by atoms with Crippen molar-refractivity contribution in [3.8, 4) is 5.75 Å². The second kappa shape index (κ2) is 5.28. The van der Waals surface area contributed by atoms with Crippen LogP contribution in [0, 0.1) is 6.92 Å². The van der Waals surface area contributed by atoms with Crippen molar-refractivity contribution < 1.29 is 9.53 Å². The fourth-order valence-electron chi connectivity index (χ4n) is 2.12. The van der Waals surface area contributed by atoms with Gasteiger partial charge in [0.15, 0.2) is 0 Å². The molecule has 0 amide bonds. The van der Waals surface area contributed by atoms with Gasteiger partial charge >= 0.3 is 5.97 Å². The molecule has 0 aliphatic carbocycles. The number of hydrogen-bond acceptors (Lipinski definition) is 4. The molecule has 2 N–H and O–H groups in total. The van der Waals surface area contributed by atoms with Crippen molar-refractivity contribution in [2.45, 2.75) is 13.8 Å². The van der Waals surface area contributed by atoms with Crippen molar-refractivity contribution in [2.75, 3.05) is 5.32 Å². The van der Waals surface area contributed by atoms with Crippen LogP contribution >= 0.6 is 0 Å².